The highest BCUT2D eigenvalue weighted by Gasteiger charge is 2.30. The molecule has 0 aromatic heterocycles. The minimum absolute atomic E-state index is 0.109. The normalized spacial score (nSPS) is 23.9. The highest BCUT2D eigenvalue weighted by Crippen LogP contribution is 2.37. The summed E-state index contributed by atoms with van der Waals surface area (Å²) in [5, 5.41) is 3.70. The molecule has 0 heterocycles. The number of unbranched alkanes of at least 4 members (excludes halogenated alkanes) is 2. The van der Waals surface area contributed by atoms with E-state index in [0.717, 1.165) is 18.4 Å². The lowest BCUT2D eigenvalue weighted by atomic mass is 9.75. The van der Waals surface area contributed by atoms with Crippen LogP contribution in [-0.4, -0.2) is 12.1 Å². The molecule has 1 aliphatic rings. The maximum atomic E-state index is 13.2. The molecule has 1 aromatic carbocycles. The van der Waals surface area contributed by atoms with Gasteiger partial charge in [0, 0.05) is 12.1 Å². The Balaban J connectivity index is 1.68. The summed E-state index contributed by atoms with van der Waals surface area (Å²) in [5.74, 6) is 0.442. The topological polar surface area (TPSA) is 12.0 Å². The van der Waals surface area contributed by atoms with Gasteiger partial charge in [0.05, 0.1) is 0 Å². The number of benzene rings is 1. The van der Waals surface area contributed by atoms with Crippen LogP contribution in [-0.2, 0) is 0 Å². The molecule has 0 amide bonds. The minimum Gasteiger partial charge on any atom is -0.311 e. The summed E-state index contributed by atoms with van der Waals surface area (Å²) in [6, 6.07) is 8.32. The molecule has 1 fully saturated rings. The number of halogens is 1. The lowest BCUT2D eigenvalue weighted by Gasteiger charge is -2.38. The van der Waals surface area contributed by atoms with E-state index < -0.39 is 0 Å². The summed E-state index contributed by atoms with van der Waals surface area (Å²) in [5.41, 5.74) is 1.16. The molecule has 0 aliphatic heterocycles. The predicted octanol–water partition coefficient (Wildman–Crippen LogP) is 4.63. The molecule has 0 radical (unpaired) electrons. The first-order valence-electron chi connectivity index (χ1n) is 7.70. The third-order valence-electron chi connectivity index (χ3n) is 4.22. The van der Waals surface area contributed by atoms with Crippen molar-refractivity contribution in [2.24, 2.45) is 0 Å². The lowest BCUT2D eigenvalue weighted by molar-refractivity contribution is 0.263. The average Bonchev–Trinajstić information content (AvgIpc) is 2.33. The van der Waals surface area contributed by atoms with Crippen molar-refractivity contribution in [2.45, 2.75) is 70.4 Å². The number of rotatable bonds is 7. The van der Waals surface area contributed by atoms with E-state index in [4.69, 9.17) is 0 Å². The monoisotopic (exact) mass is 263 g/mol. The van der Waals surface area contributed by atoms with Crippen LogP contribution in [0.25, 0.3) is 0 Å². The lowest BCUT2D eigenvalue weighted by Crippen LogP contribution is -2.44. The third-order valence-corrected chi connectivity index (χ3v) is 4.22. The first-order chi connectivity index (χ1) is 9.19. The van der Waals surface area contributed by atoms with Gasteiger partial charge in [-0.2, -0.15) is 0 Å². The SMILES string of the molecule is CCCCCC(C)NC1CC(c2cccc(F)c2)C1. The van der Waals surface area contributed by atoms with E-state index in [1.807, 2.05) is 6.07 Å². The first kappa shape index (κ1) is 14.5. The van der Waals surface area contributed by atoms with E-state index in [2.05, 4.69) is 25.2 Å². The van der Waals surface area contributed by atoms with E-state index in [9.17, 15) is 4.39 Å². The van der Waals surface area contributed by atoms with Crippen molar-refractivity contribution in [3.8, 4) is 0 Å². The van der Waals surface area contributed by atoms with Gasteiger partial charge in [0.2, 0.25) is 0 Å². The minimum atomic E-state index is -0.109. The predicted molar refractivity (Wildman–Crippen MR) is 78.9 cm³/mol. The fourth-order valence-electron chi connectivity index (χ4n) is 2.97. The van der Waals surface area contributed by atoms with Crippen molar-refractivity contribution < 1.29 is 4.39 Å². The quantitative estimate of drug-likeness (QED) is 0.707. The maximum Gasteiger partial charge on any atom is 0.123 e. The van der Waals surface area contributed by atoms with Crippen LogP contribution in [0.15, 0.2) is 24.3 Å². The second-order valence-corrected chi connectivity index (χ2v) is 5.98. The Morgan fingerprint density at radius 2 is 2.11 bits per heavy atom. The van der Waals surface area contributed by atoms with E-state index >= 15 is 0 Å². The van der Waals surface area contributed by atoms with Crippen LogP contribution in [0.4, 0.5) is 4.39 Å². The first-order valence-corrected chi connectivity index (χ1v) is 7.70. The summed E-state index contributed by atoms with van der Waals surface area (Å²) in [6.45, 7) is 4.53. The van der Waals surface area contributed by atoms with Gasteiger partial charge in [0.1, 0.15) is 5.82 Å². The summed E-state index contributed by atoms with van der Waals surface area (Å²) < 4.78 is 13.2. The zero-order chi connectivity index (χ0) is 13.7. The van der Waals surface area contributed by atoms with Crippen molar-refractivity contribution >= 4 is 0 Å². The second kappa shape index (κ2) is 7.04. The van der Waals surface area contributed by atoms with Crippen molar-refractivity contribution in [1.29, 1.82) is 0 Å². The van der Waals surface area contributed by atoms with E-state index in [0.29, 0.717) is 18.0 Å². The summed E-state index contributed by atoms with van der Waals surface area (Å²) in [4.78, 5) is 0. The third kappa shape index (κ3) is 4.31. The number of nitrogens with one attached hydrogen (secondary N) is 1. The molecule has 1 unspecified atom stereocenters. The standard InChI is InChI=1S/C17H26FN/c1-3-4-5-7-13(2)19-17-11-15(12-17)14-8-6-9-16(18)10-14/h6,8-10,13,15,17,19H,3-5,7,11-12H2,1-2H3. The second-order valence-electron chi connectivity index (χ2n) is 5.98. The Hall–Kier alpha value is -0.890. The van der Waals surface area contributed by atoms with Crippen LogP contribution < -0.4 is 5.32 Å². The van der Waals surface area contributed by atoms with Gasteiger partial charge in [-0.3, -0.25) is 0 Å². The van der Waals surface area contributed by atoms with Crippen LogP contribution in [0.5, 0.6) is 0 Å². The molecule has 1 aromatic rings. The maximum absolute atomic E-state index is 13.2. The van der Waals surface area contributed by atoms with Gasteiger partial charge < -0.3 is 5.32 Å². The highest BCUT2D eigenvalue weighted by molar-refractivity contribution is 5.23. The zero-order valence-electron chi connectivity index (χ0n) is 12.2. The van der Waals surface area contributed by atoms with Gasteiger partial charge in [-0.15, -0.1) is 0 Å². The molecule has 19 heavy (non-hydrogen) atoms. The molecule has 1 saturated carbocycles. The van der Waals surface area contributed by atoms with Gasteiger partial charge in [-0.05, 0) is 49.8 Å². The van der Waals surface area contributed by atoms with Crippen LogP contribution in [0.1, 0.15) is 63.9 Å². The van der Waals surface area contributed by atoms with Gasteiger partial charge in [0.15, 0.2) is 0 Å². The Morgan fingerprint density at radius 3 is 2.79 bits per heavy atom. The fraction of sp³-hybridized carbons (Fsp3) is 0.647. The molecule has 1 aliphatic carbocycles. The van der Waals surface area contributed by atoms with E-state index in [1.54, 1.807) is 6.07 Å². The Labute approximate surface area is 116 Å². The van der Waals surface area contributed by atoms with Crippen LogP contribution in [0.2, 0.25) is 0 Å². The molecule has 1 atom stereocenters. The Kier molecular flexibility index (Phi) is 5.38. The number of hydrogen-bond acceptors (Lipinski definition) is 1. The van der Waals surface area contributed by atoms with Crippen molar-refractivity contribution in [1.82, 2.24) is 5.32 Å². The zero-order valence-corrected chi connectivity index (χ0v) is 12.2. The van der Waals surface area contributed by atoms with Crippen molar-refractivity contribution in [3.05, 3.63) is 35.6 Å². The molecular weight excluding hydrogens is 237 g/mol. The largest absolute Gasteiger partial charge is 0.311 e. The number of hydrogen-bond donors (Lipinski definition) is 1. The van der Waals surface area contributed by atoms with Gasteiger partial charge >= 0.3 is 0 Å². The van der Waals surface area contributed by atoms with Crippen molar-refractivity contribution in [2.75, 3.05) is 0 Å². The Bertz CT molecular complexity index is 385. The molecule has 2 rings (SSSR count). The fourth-order valence-corrected chi connectivity index (χ4v) is 2.97. The summed E-state index contributed by atoms with van der Waals surface area (Å²) >= 11 is 0. The van der Waals surface area contributed by atoms with Gasteiger partial charge in [-0.25, -0.2) is 4.39 Å². The van der Waals surface area contributed by atoms with Gasteiger partial charge in [0.25, 0.3) is 0 Å². The van der Waals surface area contributed by atoms with E-state index in [1.165, 1.54) is 31.7 Å². The molecule has 1 nitrogen and oxygen atoms in total. The van der Waals surface area contributed by atoms with Crippen LogP contribution >= 0.6 is 0 Å². The summed E-state index contributed by atoms with van der Waals surface area (Å²) in [7, 11) is 0. The molecule has 1 N–H and O–H groups in total. The van der Waals surface area contributed by atoms with E-state index in [-0.39, 0.29) is 5.82 Å². The molecule has 0 bridgehead atoms. The van der Waals surface area contributed by atoms with Crippen LogP contribution in [0, 0.1) is 5.82 Å². The molecule has 106 valence electrons. The smallest absolute Gasteiger partial charge is 0.123 e. The van der Waals surface area contributed by atoms with Crippen LogP contribution in [0.3, 0.4) is 0 Å². The molecule has 0 spiro atoms. The molecular formula is C17H26FN. The Morgan fingerprint density at radius 1 is 1.32 bits per heavy atom. The average molecular weight is 263 g/mol. The summed E-state index contributed by atoms with van der Waals surface area (Å²) in [6.07, 6.45) is 7.53. The molecule has 0 saturated heterocycles. The van der Waals surface area contributed by atoms with Crippen molar-refractivity contribution in [3.63, 3.8) is 0 Å². The highest BCUT2D eigenvalue weighted by atomic mass is 19.1. The molecule has 2 heteroatoms. The van der Waals surface area contributed by atoms with Gasteiger partial charge in [-0.1, -0.05) is 38.3 Å².